The van der Waals surface area contributed by atoms with E-state index in [-0.39, 0.29) is 24.0 Å². The molecule has 0 saturated carbocycles. The zero-order chi connectivity index (χ0) is 19.6. The van der Waals surface area contributed by atoms with Crippen LogP contribution in [-0.2, 0) is 16.6 Å². The molecule has 27 heavy (non-hydrogen) atoms. The van der Waals surface area contributed by atoms with Gasteiger partial charge in [0.2, 0.25) is 15.9 Å². The Labute approximate surface area is 156 Å². The monoisotopic (exact) mass is 397 g/mol. The Morgan fingerprint density at radius 2 is 2.07 bits per heavy atom. The number of halogens is 1. The van der Waals surface area contributed by atoms with Crippen LogP contribution in [0.15, 0.2) is 22.9 Å². The summed E-state index contributed by atoms with van der Waals surface area (Å²) in [6, 6.07) is 2.48. The number of rotatable bonds is 5. The van der Waals surface area contributed by atoms with Gasteiger partial charge >= 0.3 is 0 Å². The van der Waals surface area contributed by atoms with Crippen molar-refractivity contribution in [1.82, 2.24) is 24.3 Å². The van der Waals surface area contributed by atoms with Crippen LogP contribution in [0, 0.1) is 5.82 Å². The first kappa shape index (κ1) is 19.4. The van der Waals surface area contributed by atoms with Gasteiger partial charge in [0.15, 0.2) is 5.82 Å². The molecule has 0 unspecified atom stereocenters. The van der Waals surface area contributed by atoms with Crippen LogP contribution in [-0.4, -0.2) is 65.0 Å². The summed E-state index contributed by atoms with van der Waals surface area (Å²) in [5, 5.41) is 3.97. The van der Waals surface area contributed by atoms with Crippen LogP contribution in [0.4, 0.5) is 4.39 Å². The lowest BCUT2D eigenvalue weighted by atomic mass is 9.98. The SMILES string of the molecule is CN(Cc1nc(C2CCN(S(C)(=O)=O)CC2)no1)C(=O)c1ccc(F)cn1. The highest BCUT2D eigenvalue weighted by Crippen LogP contribution is 2.27. The molecule has 3 rings (SSSR count). The van der Waals surface area contributed by atoms with Gasteiger partial charge in [0.1, 0.15) is 18.1 Å². The van der Waals surface area contributed by atoms with E-state index in [1.165, 1.54) is 27.6 Å². The summed E-state index contributed by atoms with van der Waals surface area (Å²) in [5.41, 5.74) is 0.117. The minimum atomic E-state index is -3.19. The Hall–Kier alpha value is -2.40. The van der Waals surface area contributed by atoms with Crippen LogP contribution in [0.1, 0.15) is 41.0 Å². The summed E-state index contributed by atoms with van der Waals surface area (Å²) in [6.07, 6.45) is 3.40. The molecule has 0 aromatic carbocycles. The molecule has 1 aliphatic heterocycles. The standard InChI is InChI=1S/C16H20FN5O4S/c1-21(16(23)13-4-3-12(17)9-18-13)10-14-19-15(20-26-14)11-5-7-22(8-6-11)27(2,24)25/h3-4,9,11H,5-8,10H2,1-2H3. The number of pyridine rings is 1. The molecular weight excluding hydrogens is 377 g/mol. The number of carbonyl (C=O) groups is 1. The fourth-order valence-electron chi connectivity index (χ4n) is 2.92. The van der Waals surface area contributed by atoms with Crippen molar-refractivity contribution < 1.29 is 22.1 Å². The molecule has 1 amide bonds. The maximum atomic E-state index is 12.9. The van der Waals surface area contributed by atoms with E-state index in [2.05, 4.69) is 15.1 Å². The molecule has 2 aromatic heterocycles. The first-order valence-electron chi connectivity index (χ1n) is 8.38. The molecule has 11 heteroatoms. The number of aromatic nitrogens is 3. The molecule has 0 aliphatic carbocycles. The largest absolute Gasteiger partial charge is 0.337 e. The molecule has 9 nitrogen and oxygen atoms in total. The molecule has 1 fully saturated rings. The molecule has 0 bridgehead atoms. The molecule has 1 saturated heterocycles. The lowest BCUT2D eigenvalue weighted by Gasteiger charge is -2.28. The van der Waals surface area contributed by atoms with Crippen LogP contribution in [0.3, 0.4) is 0 Å². The maximum Gasteiger partial charge on any atom is 0.272 e. The number of carbonyl (C=O) groups excluding carboxylic acids is 1. The number of hydrogen-bond acceptors (Lipinski definition) is 7. The van der Waals surface area contributed by atoms with E-state index in [1.807, 2.05) is 0 Å². The minimum Gasteiger partial charge on any atom is -0.337 e. The molecule has 3 heterocycles. The van der Waals surface area contributed by atoms with E-state index in [0.717, 1.165) is 6.20 Å². The topological polar surface area (TPSA) is 110 Å². The quantitative estimate of drug-likeness (QED) is 0.741. The van der Waals surface area contributed by atoms with Gasteiger partial charge in [-0.05, 0) is 25.0 Å². The Kier molecular flexibility index (Phi) is 5.51. The fraction of sp³-hybridized carbons (Fsp3) is 0.500. The van der Waals surface area contributed by atoms with Crippen LogP contribution in [0.2, 0.25) is 0 Å². The van der Waals surface area contributed by atoms with Crippen molar-refractivity contribution in [2.24, 2.45) is 0 Å². The summed E-state index contributed by atoms with van der Waals surface area (Å²) >= 11 is 0. The van der Waals surface area contributed by atoms with Gasteiger partial charge in [-0.1, -0.05) is 5.16 Å². The lowest BCUT2D eigenvalue weighted by Crippen LogP contribution is -2.37. The van der Waals surface area contributed by atoms with Gasteiger partial charge in [-0.3, -0.25) is 4.79 Å². The van der Waals surface area contributed by atoms with Crippen LogP contribution in [0.5, 0.6) is 0 Å². The Bertz CT molecular complexity index is 907. The van der Waals surface area contributed by atoms with E-state index in [1.54, 1.807) is 7.05 Å². The maximum absolute atomic E-state index is 12.9. The van der Waals surface area contributed by atoms with Gasteiger partial charge in [-0.2, -0.15) is 4.98 Å². The molecular formula is C16H20FN5O4S. The normalized spacial score (nSPS) is 16.4. The van der Waals surface area contributed by atoms with Crippen molar-refractivity contribution in [3.63, 3.8) is 0 Å². The van der Waals surface area contributed by atoms with E-state index in [4.69, 9.17) is 4.52 Å². The van der Waals surface area contributed by atoms with Crippen molar-refractivity contribution in [2.45, 2.75) is 25.3 Å². The average molecular weight is 397 g/mol. The Morgan fingerprint density at radius 3 is 2.67 bits per heavy atom. The summed E-state index contributed by atoms with van der Waals surface area (Å²) in [4.78, 5) is 21.7. The predicted molar refractivity (Wildman–Crippen MR) is 92.7 cm³/mol. The number of nitrogens with zero attached hydrogens (tertiary/aromatic N) is 5. The van der Waals surface area contributed by atoms with Gasteiger partial charge in [-0.15, -0.1) is 0 Å². The molecule has 0 N–H and O–H groups in total. The zero-order valence-electron chi connectivity index (χ0n) is 15.0. The van der Waals surface area contributed by atoms with Crippen LogP contribution >= 0.6 is 0 Å². The second-order valence-electron chi connectivity index (χ2n) is 6.51. The third kappa shape index (κ3) is 4.66. The first-order chi connectivity index (χ1) is 12.7. The van der Waals surface area contributed by atoms with E-state index >= 15 is 0 Å². The van der Waals surface area contributed by atoms with Crippen molar-refractivity contribution in [1.29, 1.82) is 0 Å². The van der Waals surface area contributed by atoms with Crippen LogP contribution < -0.4 is 0 Å². The molecule has 2 aromatic rings. The minimum absolute atomic E-state index is 0.0141. The second kappa shape index (κ2) is 7.69. The molecule has 1 aliphatic rings. The summed E-state index contributed by atoms with van der Waals surface area (Å²) < 4.78 is 42.7. The van der Waals surface area contributed by atoms with Crippen molar-refractivity contribution in [3.8, 4) is 0 Å². The van der Waals surface area contributed by atoms with E-state index in [0.29, 0.717) is 31.8 Å². The van der Waals surface area contributed by atoms with E-state index < -0.39 is 21.7 Å². The number of piperidine rings is 1. The summed E-state index contributed by atoms with van der Waals surface area (Å²) in [5.74, 6) is -0.110. The van der Waals surface area contributed by atoms with Gasteiger partial charge in [-0.25, -0.2) is 22.1 Å². The van der Waals surface area contributed by atoms with Gasteiger partial charge in [0.05, 0.1) is 12.5 Å². The van der Waals surface area contributed by atoms with E-state index in [9.17, 15) is 17.6 Å². The smallest absolute Gasteiger partial charge is 0.272 e. The van der Waals surface area contributed by atoms with Gasteiger partial charge in [0.25, 0.3) is 5.91 Å². The highest BCUT2D eigenvalue weighted by molar-refractivity contribution is 7.88. The third-order valence-electron chi connectivity index (χ3n) is 4.44. The highest BCUT2D eigenvalue weighted by Gasteiger charge is 2.28. The number of amides is 1. The molecule has 0 atom stereocenters. The number of hydrogen-bond donors (Lipinski definition) is 0. The van der Waals surface area contributed by atoms with Crippen molar-refractivity contribution >= 4 is 15.9 Å². The lowest BCUT2D eigenvalue weighted by molar-refractivity contribution is 0.0763. The van der Waals surface area contributed by atoms with Crippen molar-refractivity contribution in [2.75, 3.05) is 26.4 Å². The summed E-state index contributed by atoms with van der Waals surface area (Å²) in [6.45, 7) is 0.928. The van der Waals surface area contributed by atoms with Gasteiger partial charge < -0.3 is 9.42 Å². The molecule has 146 valence electrons. The third-order valence-corrected chi connectivity index (χ3v) is 5.74. The zero-order valence-corrected chi connectivity index (χ0v) is 15.8. The molecule has 0 radical (unpaired) electrons. The predicted octanol–water partition coefficient (Wildman–Crippen LogP) is 1.01. The number of sulfonamides is 1. The van der Waals surface area contributed by atoms with Gasteiger partial charge in [0, 0.05) is 26.1 Å². The Balaban J connectivity index is 1.59. The fourth-order valence-corrected chi connectivity index (χ4v) is 3.79. The highest BCUT2D eigenvalue weighted by atomic mass is 32.2. The average Bonchev–Trinajstić information content (AvgIpc) is 3.09. The molecule has 0 spiro atoms. The first-order valence-corrected chi connectivity index (χ1v) is 10.2. The second-order valence-corrected chi connectivity index (χ2v) is 8.49. The van der Waals surface area contributed by atoms with Crippen molar-refractivity contribution in [3.05, 3.63) is 41.6 Å². The Morgan fingerprint density at radius 1 is 1.37 bits per heavy atom. The van der Waals surface area contributed by atoms with Crippen LogP contribution in [0.25, 0.3) is 0 Å². The summed E-state index contributed by atoms with van der Waals surface area (Å²) in [7, 11) is -1.63.